The molecule has 0 radical (unpaired) electrons. The van der Waals surface area contributed by atoms with Gasteiger partial charge in [0, 0.05) is 31.2 Å². The van der Waals surface area contributed by atoms with Crippen molar-refractivity contribution in [3.05, 3.63) is 0 Å². The Morgan fingerprint density at radius 2 is 1.44 bits per heavy atom. The minimum absolute atomic E-state index is 0.640. The van der Waals surface area contributed by atoms with Gasteiger partial charge in [-0.3, -0.25) is 4.90 Å². The summed E-state index contributed by atoms with van der Waals surface area (Å²) < 4.78 is 0. The number of hydrogen-bond donors (Lipinski definition) is 1. The molecule has 0 aromatic rings. The molecule has 2 atom stereocenters. The van der Waals surface area contributed by atoms with Crippen molar-refractivity contribution < 1.29 is 0 Å². The molecule has 2 heteroatoms. The highest BCUT2D eigenvalue weighted by atomic mass is 15.2. The molecule has 0 aromatic carbocycles. The average Bonchev–Trinajstić information content (AvgIpc) is 2.31. The molecule has 0 saturated carbocycles. The van der Waals surface area contributed by atoms with Crippen LogP contribution in [0.15, 0.2) is 0 Å². The van der Waals surface area contributed by atoms with E-state index in [4.69, 9.17) is 0 Å². The van der Waals surface area contributed by atoms with Gasteiger partial charge in [-0.2, -0.15) is 0 Å². The molecule has 0 spiro atoms. The standard InChI is InChI=1S/C16H36N2/c1-8-15(7)12-16(9-2)17-10-11-18(13(3)4)14(5)6/h13-17H,8-12H2,1-7H3. The van der Waals surface area contributed by atoms with Gasteiger partial charge in [-0.05, 0) is 46.5 Å². The fourth-order valence-electron chi connectivity index (χ4n) is 2.56. The van der Waals surface area contributed by atoms with Crippen LogP contribution in [0.3, 0.4) is 0 Å². The van der Waals surface area contributed by atoms with Gasteiger partial charge >= 0.3 is 0 Å². The van der Waals surface area contributed by atoms with E-state index in [2.05, 4.69) is 58.7 Å². The number of nitrogens with one attached hydrogen (secondary N) is 1. The van der Waals surface area contributed by atoms with Gasteiger partial charge in [0.25, 0.3) is 0 Å². The van der Waals surface area contributed by atoms with Gasteiger partial charge in [0.2, 0.25) is 0 Å². The maximum Gasteiger partial charge on any atom is 0.0112 e. The maximum absolute atomic E-state index is 3.73. The van der Waals surface area contributed by atoms with E-state index in [9.17, 15) is 0 Å². The Balaban J connectivity index is 3.98. The molecule has 18 heavy (non-hydrogen) atoms. The van der Waals surface area contributed by atoms with Crippen LogP contribution in [0.2, 0.25) is 0 Å². The smallest absolute Gasteiger partial charge is 0.0112 e. The van der Waals surface area contributed by atoms with E-state index in [0.717, 1.165) is 19.0 Å². The van der Waals surface area contributed by atoms with Crippen LogP contribution in [-0.4, -0.2) is 36.1 Å². The lowest BCUT2D eigenvalue weighted by atomic mass is 9.98. The van der Waals surface area contributed by atoms with Gasteiger partial charge in [0.05, 0.1) is 0 Å². The van der Waals surface area contributed by atoms with E-state index < -0.39 is 0 Å². The molecule has 2 unspecified atom stereocenters. The summed E-state index contributed by atoms with van der Waals surface area (Å²) in [6.45, 7) is 18.4. The van der Waals surface area contributed by atoms with Crippen molar-refractivity contribution in [1.29, 1.82) is 0 Å². The van der Waals surface area contributed by atoms with Crippen molar-refractivity contribution in [2.75, 3.05) is 13.1 Å². The van der Waals surface area contributed by atoms with Crippen LogP contribution in [-0.2, 0) is 0 Å². The Hall–Kier alpha value is -0.0800. The molecule has 0 bridgehead atoms. The summed E-state index contributed by atoms with van der Waals surface area (Å²) in [6.07, 6.45) is 3.85. The summed E-state index contributed by atoms with van der Waals surface area (Å²) in [6, 6.07) is 1.98. The first-order valence-corrected chi connectivity index (χ1v) is 7.91. The third-order valence-corrected chi connectivity index (χ3v) is 4.01. The van der Waals surface area contributed by atoms with Gasteiger partial charge in [-0.1, -0.05) is 27.2 Å². The van der Waals surface area contributed by atoms with Crippen LogP contribution < -0.4 is 5.32 Å². The van der Waals surface area contributed by atoms with Crippen LogP contribution in [0.25, 0.3) is 0 Å². The molecule has 0 aliphatic heterocycles. The first kappa shape index (κ1) is 17.9. The Morgan fingerprint density at radius 3 is 1.83 bits per heavy atom. The van der Waals surface area contributed by atoms with Gasteiger partial charge in [-0.15, -0.1) is 0 Å². The molecule has 2 nitrogen and oxygen atoms in total. The highest BCUT2D eigenvalue weighted by Gasteiger charge is 2.14. The Kier molecular flexibility index (Phi) is 9.76. The van der Waals surface area contributed by atoms with E-state index in [1.54, 1.807) is 0 Å². The normalized spacial score (nSPS) is 15.7. The third-order valence-electron chi connectivity index (χ3n) is 4.01. The van der Waals surface area contributed by atoms with Crippen molar-refractivity contribution in [1.82, 2.24) is 10.2 Å². The molecule has 0 rings (SSSR count). The third kappa shape index (κ3) is 7.38. The van der Waals surface area contributed by atoms with Crippen molar-refractivity contribution in [2.45, 2.75) is 85.9 Å². The Bertz CT molecular complexity index is 182. The second-order valence-electron chi connectivity index (χ2n) is 6.23. The number of rotatable bonds is 10. The van der Waals surface area contributed by atoms with E-state index in [1.807, 2.05) is 0 Å². The lowest BCUT2D eigenvalue weighted by Gasteiger charge is -2.31. The van der Waals surface area contributed by atoms with Crippen LogP contribution in [0.4, 0.5) is 0 Å². The van der Waals surface area contributed by atoms with E-state index in [1.165, 1.54) is 19.3 Å². The van der Waals surface area contributed by atoms with Crippen molar-refractivity contribution in [3.63, 3.8) is 0 Å². The zero-order chi connectivity index (χ0) is 14.1. The minimum Gasteiger partial charge on any atom is -0.313 e. The van der Waals surface area contributed by atoms with E-state index in [-0.39, 0.29) is 0 Å². The molecular formula is C16H36N2. The molecule has 0 aliphatic carbocycles. The Morgan fingerprint density at radius 1 is 0.889 bits per heavy atom. The molecule has 0 fully saturated rings. The monoisotopic (exact) mass is 256 g/mol. The summed E-state index contributed by atoms with van der Waals surface area (Å²) in [5.41, 5.74) is 0. The Labute approximate surface area is 116 Å². The highest BCUT2D eigenvalue weighted by molar-refractivity contribution is 4.72. The fraction of sp³-hybridized carbons (Fsp3) is 1.00. The van der Waals surface area contributed by atoms with E-state index in [0.29, 0.717) is 18.1 Å². The molecule has 0 heterocycles. The van der Waals surface area contributed by atoms with Crippen molar-refractivity contribution >= 4 is 0 Å². The molecule has 0 aromatic heterocycles. The number of hydrogen-bond acceptors (Lipinski definition) is 2. The van der Waals surface area contributed by atoms with Gasteiger partial charge < -0.3 is 5.32 Å². The topological polar surface area (TPSA) is 15.3 Å². The zero-order valence-corrected chi connectivity index (χ0v) is 13.8. The lowest BCUT2D eigenvalue weighted by molar-refractivity contribution is 0.172. The molecule has 0 amide bonds. The summed E-state index contributed by atoms with van der Waals surface area (Å²) in [7, 11) is 0. The predicted molar refractivity (Wildman–Crippen MR) is 83.1 cm³/mol. The number of nitrogens with zero attached hydrogens (tertiary/aromatic N) is 1. The van der Waals surface area contributed by atoms with Crippen LogP contribution in [0.5, 0.6) is 0 Å². The van der Waals surface area contributed by atoms with Crippen molar-refractivity contribution in [2.24, 2.45) is 5.92 Å². The molecule has 110 valence electrons. The second-order valence-corrected chi connectivity index (χ2v) is 6.23. The molecule has 1 N–H and O–H groups in total. The SMILES string of the molecule is CCC(C)CC(CC)NCCN(C(C)C)C(C)C. The molecule has 0 saturated heterocycles. The molecule has 0 aliphatic rings. The summed E-state index contributed by atoms with van der Waals surface area (Å²) in [5, 5.41) is 3.73. The minimum atomic E-state index is 0.640. The lowest BCUT2D eigenvalue weighted by Crippen LogP contribution is -2.43. The van der Waals surface area contributed by atoms with Gasteiger partial charge in [0.1, 0.15) is 0 Å². The zero-order valence-electron chi connectivity index (χ0n) is 13.8. The highest BCUT2D eigenvalue weighted by Crippen LogP contribution is 2.12. The van der Waals surface area contributed by atoms with E-state index >= 15 is 0 Å². The second kappa shape index (κ2) is 9.80. The van der Waals surface area contributed by atoms with Crippen LogP contribution in [0.1, 0.15) is 67.7 Å². The van der Waals surface area contributed by atoms with Crippen molar-refractivity contribution in [3.8, 4) is 0 Å². The fourth-order valence-corrected chi connectivity index (χ4v) is 2.56. The summed E-state index contributed by atoms with van der Waals surface area (Å²) in [5.74, 6) is 0.841. The van der Waals surface area contributed by atoms with Gasteiger partial charge in [-0.25, -0.2) is 0 Å². The summed E-state index contributed by atoms with van der Waals surface area (Å²) >= 11 is 0. The first-order valence-electron chi connectivity index (χ1n) is 7.91. The largest absolute Gasteiger partial charge is 0.313 e. The predicted octanol–water partition coefficient (Wildman–Crippen LogP) is 3.91. The quantitative estimate of drug-likeness (QED) is 0.637. The van der Waals surface area contributed by atoms with Crippen LogP contribution >= 0.6 is 0 Å². The van der Waals surface area contributed by atoms with Gasteiger partial charge in [0.15, 0.2) is 0 Å². The first-order chi connectivity index (χ1) is 8.42. The molecular weight excluding hydrogens is 220 g/mol. The summed E-state index contributed by atoms with van der Waals surface area (Å²) in [4.78, 5) is 2.56. The maximum atomic E-state index is 3.73. The average molecular weight is 256 g/mol. The van der Waals surface area contributed by atoms with Crippen LogP contribution in [0, 0.1) is 5.92 Å².